The van der Waals surface area contributed by atoms with Crippen LogP contribution >= 0.6 is 0 Å². The van der Waals surface area contributed by atoms with Crippen molar-refractivity contribution in [1.29, 1.82) is 0 Å². The van der Waals surface area contributed by atoms with E-state index in [0.717, 1.165) is 81.3 Å². The summed E-state index contributed by atoms with van der Waals surface area (Å²) in [6.07, 6.45) is 10.9. The van der Waals surface area contributed by atoms with E-state index in [2.05, 4.69) is 33.2 Å². The molecule has 11 heteroatoms. The van der Waals surface area contributed by atoms with Crippen LogP contribution in [0.5, 0.6) is 0 Å². The van der Waals surface area contributed by atoms with Crippen LogP contribution < -0.4 is 39.2 Å². The Morgan fingerprint density at radius 1 is 1.11 bits per heavy atom. The number of fused-ring (bicyclic) bond motifs is 2. The number of benzene rings is 1. The molecule has 35 heavy (non-hydrogen) atoms. The average Bonchev–Trinajstić information content (AvgIpc) is 3.53. The Bertz CT molecular complexity index is 1160. The molecule has 3 aliphatic rings. The maximum absolute atomic E-state index is 13.4. The van der Waals surface area contributed by atoms with Crippen molar-refractivity contribution in [3.05, 3.63) is 45.4 Å². The molecule has 2 aliphatic carbocycles. The van der Waals surface area contributed by atoms with Crippen LogP contribution in [0.15, 0.2) is 18.5 Å². The van der Waals surface area contributed by atoms with E-state index in [-0.39, 0.29) is 42.0 Å². The Morgan fingerprint density at radius 2 is 1.74 bits per heavy atom. The van der Waals surface area contributed by atoms with E-state index in [1.165, 1.54) is 21.6 Å². The molecule has 1 fully saturated rings. The molecule has 2 amide bonds. The number of likely N-dealkylation sites (tertiary alicyclic amines) is 1. The Kier molecular flexibility index (Phi) is 8.17. The van der Waals surface area contributed by atoms with Gasteiger partial charge in [0.15, 0.2) is 6.03 Å². The van der Waals surface area contributed by atoms with Crippen LogP contribution in [0, 0.1) is 5.92 Å². The maximum atomic E-state index is 13.4. The number of aryl methyl sites for hydroxylation is 3. The van der Waals surface area contributed by atoms with Gasteiger partial charge in [0.2, 0.25) is 0 Å². The van der Waals surface area contributed by atoms with Gasteiger partial charge in [-0.15, -0.1) is 0 Å². The number of aromatic nitrogens is 2. The SMILES string of the molecule is CN1CCC(CN(c2cnn(C)c2)S(=O)(=O)[N-]C(=O)Nc2c3c(cc4c2CCC4)CCC3)CC1.[Na+]. The minimum absolute atomic E-state index is 0. The first kappa shape index (κ1) is 26.5. The molecule has 0 unspecified atom stereocenters. The number of hydrogen-bond donors (Lipinski definition) is 1. The second-order valence-electron chi connectivity index (χ2n) is 9.88. The Morgan fingerprint density at radius 3 is 2.31 bits per heavy atom. The third-order valence-corrected chi connectivity index (χ3v) is 8.74. The van der Waals surface area contributed by atoms with E-state index < -0.39 is 16.2 Å². The summed E-state index contributed by atoms with van der Waals surface area (Å²) in [5.74, 6) is 0.199. The van der Waals surface area contributed by atoms with Crippen molar-refractivity contribution in [2.75, 3.05) is 36.3 Å². The first-order chi connectivity index (χ1) is 16.3. The molecule has 2 heterocycles. The van der Waals surface area contributed by atoms with Gasteiger partial charge >= 0.3 is 29.6 Å². The zero-order valence-corrected chi connectivity index (χ0v) is 23.8. The number of carbonyl (C=O) groups excluding carboxylic acids is 1. The van der Waals surface area contributed by atoms with Gasteiger partial charge in [-0.3, -0.25) is 13.8 Å². The van der Waals surface area contributed by atoms with Gasteiger partial charge in [-0.2, -0.15) is 5.10 Å². The number of rotatable bonds is 6. The summed E-state index contributed by atoms with van der Waals surface area (Å²) in [5.41, 5.74) is 6.08. The molecular formula is C24H33N6NaO3S. The van der Waals surface area contributed by atoms with Gasteiger partial charge in [-0.25, -0.2) is 8.42 Å². The number of urea groups is 1. The van der Waals surface area contributed by atoms with E-state index in [0.29, 0.717) is 5.69 Å². The fourth-order valence-electron chi connectivity index (χ4n) is 5.60. The minimum Gasteiger partial charge on any atom is -0.423 e. The molecule has 2 aromatic rings. The molecule has 1 aliphatic heterocycles. The molecule has 0 saturated carbocycles. The summed E-state index contributed by atoms with van der Waals surface area (Å²) in [7, 11) is -0.431. The Balaban J connectivity index is 0.00000289. The van der Waals surface area contributed by atoms with Gasteiger partial charge in [0.05, 0.1) is 11.9 Å². The first-order valence-corrected chi connectivity index (χ1v) is 13.6. The number of piperidine rings is 1. The monoisotopic (exact) mass is 508 g/mol. The largest absolute Gasteiger partial charge is 1.00 e. The van der Waals surface area contributed by atoms with Crippen LogP contribution in [0.1, 0.15) is 47.9 Å². The molecule has 1 saturated heterocycles. The van der Waals surface area contributed by atoms with Crippen molar-refractivity contribution < 1.29 is 42.8 Å². The number of nitrogens with zero attached hydrogens (tertiary/aromatic N) is 5. The third-order valence-electron chi connectivity index (χ3n) is 7.42. The summed E-state index contributed by atoms with van der Waals surface area (Å²) < 4.78 is 33.3. The molecule has 9 nitrogen and oxygen atoms in total. The summed E-state index contributed by atoms with van der Waals surface area (Å²) in [4.78, 5) is 15.2. The second-order valence-corrected chi connectivity index (χ2v) is 11.4. The van der Waals surface area contributed by atoms with Crippen molar-refractivity contribution in [1.82, 2.24) is 14.7 Å². The number of amides is 2. The molecule has 5 rings (SSSR count). The van der Waals surface area contributed by atoms with E-state index in [4.69, 9.17) is 0 Å². The zero-order valence-electron chi connectivity index (χ0n) is 21.0. The summed E-state index contributed by atoms with van der Waals surface area (Å²) in [5, 5.41) is 7.02. The van der Waals surface area contributed by atoms with Gasteiger partial charge in [0, 0.05) is 19.8 Å². The topological polar surface area (TPSA) is 102 Å². The molecule has 0 atom stereocenters. The number of carbonyl (C=O) groups is 1. The smallest absolute Gasteiger partial charge is 0.423 e. The molecule has 1 aromatic heterocycles. The number of anilines is 2. The van der Waals surface area contributed by atoms with Crippen LogP contribution in [-0.2, 0) is 42.9 Å². The standard InChI is InChI=1S/C24H34N6O3S.Na/c1-28-11-9-17(10-12-28)15-30(20-14-25-29(2)16-20)34(32,33)27-24(31)26-23-21-7-3-5-18(21)13-19-6-4-8-22(19)23;/h13-14,16-17H,3-12,15H2,1-2H3,(H2,26,27,31);/q;+1/p-1. The summed E-state index contributed by atoms with van der Waals surface area (Å²) in [6, 6.07) is 1.45. The van der Waals surface area contributed by atoms with Crippen LogP contribution in [0.2, 0.25) is 0 Å². The van der Waals surface area contributed by atoms with Crippen molar-refractivity contribution in [3.63, 3.8) is 0 Å². The van der Waals surface area contributed by atoms with E-state index in [9.17, 15) is 13.2 Å². The van der Waals surface area contributed by atoms with Crippen molar-refractivity contribution in [3.8, 4) is 0 Å². The quantitative estimate of drug-likeness (QED) is 0.570. The predicted molar refractivity (Wildman–Crippen MR) is 133 cm³/mol. The number of nitrogens with one attached hydrogen (secondary N) is 1. The van der Waals surface area contributed by atoms with Gasteiger partial charge in [-0.1, -0.05) is 6.07 Å². The molecule has 1 N–H and O–H groups in total. The van der Waals surface area contributed by atoms with Gasteiger partial charge in [0.25, 0.3) is 10.2 Å². The zero-order chi connectivity index (χ0) is 23.9. The van der Waals surface area contributed by atoms with Crippen LogP contribution in [0.3, 0.4) is 0 Å². The summed E-state index contributed by atoms with van der Waals surface area (Å²) >= 11 is 0. The van der Waals surface area contributed by atoms with E-state index in [1.807, 2.05) is 0 Å². The average molecular weight is 509 g/mol. The maximum Gasteiger partial charge on any atom is 1.00 e. The minimum atomic E-state index is -4.24. The Labute approximate surface area is 230 Å². The third kappa shape index (κ3) is 5.72. The van der Waals surface area contributed by atoms with E-state index in [1.54, 1.807) is 17.9 Å². The van der Waals surface area contributed by atoms with Crippen LogP contribution in [0.25, 0.3) is 4.72 Å². The Hall–Kier alpha value is -1.59. The van der Waals surface area contributed by atoms with E-state index >= 15 is 0 Å². The molecule has 0 bridgehead atoms. The fraction of sp³-hybridized carbons (Fsp3) is 0.583. The summed E-state index contributed by atoms with van der Waals surface area (Å²) in [6.45, 7) is 2.13. The second kappa shape index (κ2) is 10.8. The normalized spacial score (nSPS) is 18.0. The molecule has 0 radical (unpaired) electrons. The van der Waals surface area contributed by atoms with Gasteiger partial charge in [0.1, 0.15) is 0 Å². The van der Waals surface area contributed by atoms with Crippen molar-refractivity contribution in [2.24, 2.45) is 13.0 Å². The predicted octanol–water partition coefficient (Wildman–Crippen LogP) is 0.400. The number of hydrogen-bond acceptors (Lipinski definition) is 5. The van der Waals surface area contributed by atoms with Crippen molar-refractivity contribution >= 4 is 27.6 Å². The van der Waals surface area contributed by atoms with Gasteiger partial charge < -0.3 is 14.9 Å². The molecule has 1 aromatic carbocycles. The van der Waals surface area contributed by atoms with Crippen LogP contribution in [0.4, 0.5) is 16.2 Å². The molecular weight excluding hydrogens is 475 g/mol. The van der Waals surface area contributed by atoms with Crippen molar-refractivity contribution in [2.45, 2.75) is 51.4 Å². The molecule has 0 spiro atoms. The molecule has 184 valence electrons. The van der Waals surface area contributed by atoms with Crippen LogP contribution in [-0.4, -0.2) is 55.8 Å². The van der Waals surface area contributed by atoms with Gasteiger partial charge in [-0.05, 0) is 105 Å². The first-order valence-electron chi connectivity index (χ1n) is 12.2. The fourth-order valence-corrected chi connectivity index (χ4v) is 6.71.